The van der Waals surface area contributed by atoms with Crippen LogP contribution in [0.1, 0.15) is 0 Å². The molecule has 0 spiro atoms. The second-order valence-corrected chi connectivity index (χ2v) is 2.00. The summed E-state index contributed by atoms with van der Waals surface area (Å²) in [5, 5.41) is 0. The average molecular weight is 73.1 g/mol. The molecule has 2 heteroatoms. The highest BCUT2D eigenvalue weighted by atomic mass is 15.8. The van der Waals surface area contributed by atoms with Crippen molar-refractivity contribution in [1.82, 2.24) is 5.43 Å². The standard InChI is InChI=1S/C3H9N2/c1-5(2)3-4-5/h4H,3H2,1-2H3/q+1. The highest BCUT2D eigenvalue weighted by Crippen LogP contribution is 1.98. The molecule has 2 nitrogen and oxygen atoms in total. The van der Waals surface area contributed by atoms with E-state index < -0.39 is 0 Å². The van der Waals surface area contributed by atoms with Crippen LogP contribution in [0.2, 0.25) is 0 Å². The molecule has 0 aromatic carbocycles. The minimum Gasteiger partial charge on any atom is -0.230 e. The van der Waals surface area contributed by atoms with Gasteiger partial charge in [0, 0.05) is 0 Å². The van der Waals surface area contributed by atoms with Gasteiger partial charge in [-0.05, 0) is 0 Å². The number of nitrogens with one attached hydrogen (secondary N) is 1. The van der Waals surface area contributed by atoms with Crippen LogP contribution < -0.4 is 5.43 Å². The van der Waals surface area contributed by atoms with Gasteiger partial charge in [0.05, 0.1) is 14.1 Å². The third kappa shape index (κ3) is 0.597. The number of hydrogen-bond donors (Lipinski definition) is 1. The second-order valence-electron chi connectivity index (χ2n) is 2.00. The number of rotatable bonds is 0. The topological polar surface area (TPSA) is 21.9 Å². The summed E-state index contributed by atoms with van der Waals surface area (Å²) in [7, 11) is 4.25. The maximum atomic E-state index is 3.11. The summed E-state index contributed by atoms with van der Waals surface area (Å²) in [6.07, 6.45) is 0. The molecule has 1 saturated heterocycles. The lowest BCUT2D eigenvalue weighted by Gasteiger charge is -1.91. The van der Waals surface area contributed by atoms with Crippen LogP contribution in [0, 0.1) is 0 Å². The van der Waals surface area contributed by atoms with E-state index in [1.165, 1.54) is 0 Å². The van der Waals surface area contributed by atoms with Crippen LogP contribution in [0.5, 0.6) is 0 Å². The first-order valence-corrected chi connectivity index (χ1v) is 1.79. The molecule has 0 aromatic heterocycles. The van der Waals surface area contributed by atoms with Crippen molar-refractivity contribution >= 4 is 0 Å². The molecule has 5 heavy (non-hydrogen) atoms. The molecular formula is C3H9N2+. The third-order valence-electron chi connectivity index (χ3n) is 0.791. The van der Waals surface area contributed by atoms with Gasteiger partial charge in [-0.25, -0.2) is 4.59 Å². The molecular weight excluding hydrogens is 64.0 g/mol. The molecule has 1 heterocycles. The Morgan fingerprint density at radius 3 is 1.80 bits per heavy atom. The van der Waals surface area contributed by atoms with E-state index in [0.29, 0.717) is 0 Å². The van der Waals surface area contributed by atoms with E-state index in [2.05, 4.69) is 19.5 Å². The van der Waals surface area contributed by atoms with Gasteiger partial charge in [-0.1, -0.05) is 0 Å². The summed E-state index contributed by atoms with van der Waals surface area (Å²) in [6, 6.07) is 0. The smallest absolute Gasteiger partial charge is 0.192 e. The molecule has 1 fully saturated rings. The molecule has 1 rings (SSSR count). The summed E-state index contributed by atoms with van der Waals surface area (Å²) >= 11 is 0. The predicted octanol–water partition coefficient (Wildman–Crippen LogP) is -0.461. The van der Waals surface area contributed by atoms with Crippen LogP contribution >= 0.6 is 0 Å². The van der Waals surface area contributed by atoms with Crippen molar-refractivity contribution in [1.29, 1.82) is 0 Å². The van der Waals surface area contributed by atoms with Crippen molar-refractivity contribution in [2.45, 2.75) is 0 Å². The van der Waals surface area contributed by atoms with Gasteiger partial charge in [0.25, 0.3) is 0 Å². The molecule has 0 amide bonds. The van der Waals surface area contributed by atoms with E-state index >= 15 is 0 Å². The summed E-state index contributed by atoms with van der Waals surface area (Å²) in [4.78, 5) is 0. The van der Waals surface area contributed by atoms with Crippen molar-refractivity contribution in [3.63, 3.8) is 0 Å². The lowest BCUT2D eigenvalue weighted by Crippen LogP contribution is -2.14. The Morgan fingerprint density at radius 1 is 1.60 bits per heavy atom. The number of nitrogens with zero attached hydrogens (tertiary/aromatic N) is 1. The van der Waals surface area contributed by atoms with Crippen LogP contribution in [0.15, 0.2) is 0 Å². The zero-order valence-electron chi connectivity index (χ0n) is 3.65. The molecule has 30 valence electrons. The monoisotopic (exact) mass is 73.1 g/mol. The predicted molar refractivity (Wildman–Crippen MR) is 20.1 cm³/mol. The third-order valence-corrected chi connectivity index (χ3v) is 0.791. The number of quaternary nitrogens is 1. The van der Waals surface area contributed by atoms with Crippen LogP contribution in [-0.4, -0.2) is 25.4 Å². The zero-order chi connectivity index (χ0) is 3.91. The Morgan fingerprint density at radius 2 is 1.80 bits per heavy atom. The van der Waals surface area contributed by atoms with Gasteiger partial charge in [0.15, 0.2) is 6.67 Å². The second kappa shape index (κ2) is 0.533. The molecule has 0 radical (unpaired) electrons. The van der Waals surface area contributed by atoms with E-state index in [1.54, 1.807) is 0 Å². The van der Waals surface area contributed by atoms with E-state index in [0.717, 1.165) is 11.3 Å². The normalized spacial score (nSPS) is 30.0. The van der Waals surface area contributed by atoms with Crippen molar-refractivity contribution in [2.75, 3.05) is 20.8 Å². The highest BCUT2D eigenvalue weighted by molar-refractivity contribution is 4.25. The van der Waals surface area contributed by atoms with E-state index in [9.17, 15) is 0 Å². The quantitative estimate of drug-likeness (QED) is 0.304. The Kier molecular flexibility index (Phi) is 0.333. The van der Waals surface area contributed by atoms with Crippen molar-refractivity contribution < 1.29 is 4.59 Å². The molecule has 1 N–H and O–H groups in total. The van der Waals surface area contributed by atoms with Gasteiger partial charge in [-0.15, -0.1) is 5.43 Å². The van der Waals surface area contributed by atoms with E-state index in [1.807, 2.05) is 0 Å². The minimum atomic E-state index is 1.00. The molecule has 0 bridgehead atoms. The Bertz CT molecular complexity index is 42.9. The molecule has 0 unspecified atom stereocenters. The van der Waals surface area contributed by atoms with Crippen molar-refractivity contribution in [3.05, 3.63) is 0 Å². The summed E-state index contributed by atoms with van der Waals surface area (Å²) in [6.45, 7) is 1.14. The average Bonchev–Trinajstić information content (AvgIpc) is 1.76. The molecule has 1 aliphatic rings. The van der Waals surface area contributed by atoms with E-state index in [4.69, 9.17) is 0 Å². The molecule has 0 atom stereocenters. The first-order valence-electron chi connectivity index (χ1n) is 1.79. The van der Waals surface area contributed by atoms with Gasteiger partial charge in [-0.3, -0.25) is 0 Å². The lowest BCUT2D eigenvalue weighted by atomic mass is 11.0. The fourth-order valence-electron chi connectivity index (χ4n) is 0.141. The zero-order valence-corrected chi connectivity index (χ0v) is 3.65. The fourth-order valence-corrected chi connectivity index (χ4v) is 0.141. The lowest BCUT2D eigenvalue weighted by molar-refractivity contribution is -0.780. The number of hydrogen-bond acceptors (Lipinski definition) is 1. The molecule has 0 saturated carbocycles. The highest BCUT2D eigenvalue weighted by Gasteiger charge is 2.29. The van der Waals surface area contributed by atoms with Crippen LogP contribution in [-0.2, 0) is 0 Å². The SMILES string of the molecule is C[N+]1(C)CN1. The largest absolute Gasteiger partial charge is 0.230 e. The van der Waals surface area contributed by atoms with Crippen LogP contribution in [0.4, 0.5) is 0 Å². The van der Waals surface area contributed by atoms with Gasteiger partial charge in [-0.2, -0.15) is 0 Å². The Balaban J connectivity index is 2.38. The summed E-state index contributed by atoms with van der Waals surface area (Å²) in [5.74, 6) is 0. The van der Waals surface area contributed by atoms with Gasteiger partial charge in [0.1, 0.15) is 0 Å². The Hall–Kier alpha value is -0.0800. The van der Waals surface area contributed by atoms with Crippen molar-refractivity contribution in [2.24, 2.45) is 0 Å². The maximum absolute atomic E-state index is 3.11. The van der Waals surface area contributed by atoms with E-state index in [-0.39, 0.29) is 0 Å². The van der Waals surface area contributed by atoms with Crippen LogP contribution in [0.25, 0.3) is 0 Å². The molecule has 1 aliphatic heterocycles. The first kappa shape index (κ1) is 3.12. The van der Waals surface area contributed by atoms with Gasteiger partial charge >= 0.3 is 0 Å². The van der Waals surface area contributed by atoms with Gasteiger partial charge in [0.2, 0.25) is 0 Å². The Labute approximate surface area is 32.0 Å². The van der Waals surface area contributed by atoms with Crippen molar-refractivity contribution in [3.8, 4) is 0 Å². The minimum absolute atomic E-state index is 1.00. The summed E-state index contributed by atoms with van der Waals surface area (Å²) in [5.41, 5.74) is 3.11. The molecule has 0 aliphatic carbocycles. The summed E-state index contributed by atoms with van der Waals surface area (Å²) < 4.78 is 1.00. The maximum Gasteiger partial charge on any atom is 0.192 e. The van der Waals surface area contributed by atoms with Gasteiger partial charge < -0.3 is 0 Å². The fraction of sp³-hybridized carbons (Fsp3) is 1.00. The van der Waals surface area contributed by atoms with Crippen LogP contribution in [0.3, 0.4) is 0 Å². The molecule has 0 aromatic rings. The first-order chi connectivity index (χ1) is 2.21.